The van der Waals surface area contributed by atoms with Gasteiger partial charge in [0.1, 0.15) is 5.75 Å². The number of hydrogen-bond acceptors (Lipinski definition) is 10. The predicted molar refractivity (Wildman–Crippen MR) is 136 cm³/mol. The molecule has 5 N–H and O–H groups in total. The third-order valence-electron chi connectivity index (χ3n) is 9.01. The van der Waals surface area contributed by atoms with Crippen LogP contribution in [0.3, 0.4) is 0 Å². The number of ketones is 4. The van der Waals surface area contributed by atoms with E-state index in [4.69, 9.17) is 5.73 Å². The van der Waals surface area contributed by atoms with Crippen LogP contribution in [0, 0.1) is 23.7 Å². The lowest BCUT2D eigenvalue weighted by Crippen LogP contribution is -2.74. The molecule has 204 valence electrons. The lowest BCUT2D eigenvalue weighted by Gasteiger charge is -2.52. The van der Waals surface area contributed by atoms with Crippen LogP contribution in [-0.4, -0.2) is 101 Å². The maximum Gasteiger partial charge on any atom is 0.235 e. The number of nitrogens with one attached hydrogen (secondary N) is 1. The predicted octanol–water partition coefficient (Wildman–Crippen LogP) is -0.627. The molecule has 3 fully saturated rings. The molecule has 1 amide bonds. The number of carbonyl (C=O) groups excluding carboxylic acids is 5. The second-order valence-corrected chi connectivity index (χ2v) is 11.5. The minimum atomic E-state index is -2.71. The lowest BCUT2D eigenvalue weighted by molar-refractivity contribution is -0.181. The molecule has 5 rings (SSSR count). The molecular weight excluding hydrogens is 492 g/mol. The molecule has 0 spiro atoms. The summed E-state index contributed by atoms with van der Waals surface area (Å²) in [6.07, 6.45) is 2.04. The highest BCUT2D eigenvalue weighted by Crippen LogP contribution is 2.51. The average Bonchev–Trinajstić information content (AvgIpc) is 2.84. The minimum Gasteiger partial charge on any atom is -0.505 e. The standard InChI is InChI=1S/C27H34N4O7/c1-30(2)20-15-11-13-10-12-4-5-16(29-14-6-8-31(3)9-7-14)21(32)17(12)22(33)18(13)24(35)27(15,38)25(36)19(23(20)34)26(28)37/h4-5,13-15,18-20,29,32,38H,6-11H2,1-3H3,(H2,28,37)/t13-,15-,18?,19?,20-,27-/m1/s1. The van der Waals surface area contributed by atoms with Gasteiger partial charge in [0.15, 0.2) is 34.7 Å². The van der Waals surface area contributed by atoms with Crippen LogP contribution >= 0.6 is 0 Å². The summed E-state index contributed by atoms with van der Waals surface area (Å²) in [5.74, 6) is -10.3. The summed E-state index contributed by atoms with van der Waals surface area (Å²) in [6.45, 7) is 1.80. The highest BCUT2D eigenvalue weighted by atomic mass is 16.3. The largest absolute Gasteiger partial charge is 0.505 e. The van der Waals surface area contributed by atoms with Crippen LogP contribution in [0.2, 0.25) is 0 Å². The zero-order valence-corrected chi connectivity index (χ0v) is 21.8. The molecular formula is C27H34N4O7. The Morgan fingerprint density at radius 3 is 2.39 bits per heavy atom. The van der Waals surface area contributed by atoms with E-state index in [0.717, 1.165) is 25.9 Å². The number of aromatic hydroxyl groups is 1. The van der Waals surface area contributed by atoms with E-state index in [9.17, 15) is 34.2 Å². The number of anilines is 1. The van der Waals surface area contributed by atoms with Crippen molar-refractivity contribution < 1.29 is 34.2 Å². The number of benzene rings is 1. The first-order valence-electron chi connectivity index (χ1n) is 13.0. The Hall–Kier alpha value is -3.15. The van der Waals surface area contributed by atoms with Gasteiger partial charge >= 0.3 is 0 Å². The number of rotatable bonds is 4. The minimum absolute atomic E-state index is 0.00882. The Kier molecular flexibility index (Phi) is 6.44. The molecule has 2 saturated carbocycles. The number of amides is 1. The molecule has 6 atom stereocenters. The van der Waals surface area contributed by atoms with E-state index in [-0.39, 0.29) is 30.2 Å². The van der Waals surface area contributed by atoms with Gasteiger partial charge in [-0.3, -0.25) is 28.9 Å². The number of Topliss-reactive ketones (excluding diaryl/α,β-unsaturated/α-hetero) is 4. The highest BCUT2D eigenvalue weighted by Gasteiger charge is 2.69. The molecule has 1 aliphatic heterocycles. The van der Waals surface area contributed by atoms with E-state index < -0.39 is 64.4 Å². The van der Waals surface area contributed by atoms with Crippen molar-refractivity contribution >= 4 is 34.7 Å². The van der Waals surface area contributed by atoms with Crippen LogP contribution in [0.25, 0.3) is 0 Å². The van der Waals surface area contributed by atoms with Crippen LogP contribution in [0.15, 0.2) is 12.1 Å². The number of primary amides is 1. The summed E-state index contributed by atoms with van der Waals surface area (Å²) in [5.41, 5.74) is 3.61. The van der Waals surface area contributed by atoms with Crippen molar-refractivity contribution in [3.05, 3.63) is 23.3 Å². The van der Waals surface area contributed by atoms with Gasteiger partial charge < -0.3 is 26.2 Å². The molecule has 1 saturated heterocycles. The van der Waals surface area contributed by atoms with Crippen LogP contribution in [0.1, 0.15) is 35.2 Å². The number of fused-ring (bicyclic) bond motifs is 3. The molecule has 1 aromatic carbocycles. The van der Waals surface area contributed by atoms with Crippen molar-refractivity contribution in [3.8, 4) is 5.75 Å². The van der Waals surface area contributed by atoms with Crippen molar-refractivity contribution in [2.75, 3.05) is 39.5 Å². The van der Waals surface area contributed by atoms with Crippen molar-refractivity contribution in [3.63, 3.8) is 0 Å². The lowest BCUT2D eigenvalue weighted by atomic mass is 9.52. The Morgan fingerprint density at radius 2 is 1.79 bits per heavy atom. The zero-order chi connectivity index (χ0) is 27.7. The second kappa shape index (κ2) is 9.25. The molecule has 0 radical (unpaired) electrons. The number of nitrogens with zero attached hydrogens (tertiary/aromatic N) is 2. The molecule has 0 bridgehead atoms. The van der Waals surface area contributed by atoms with Gasteiger partial charge in [-0.1, -0.05) is 6.07 Å². The summed E-state index contributed by atoms with van der Waals surface area (Å²) < 4.78 is 0. The monoisotopic (exact) mass is 526 g/mol. The fourth-order valence-electron chi connectivity index (χ4n) is 7.07. The molecule has 2 unspecified atom stereocenters. The molecule has 0 aromatic heterocycles. The molecule has 38 heavy (non-hydrogen) atoms. The SMILES string of the molecule is CN1CCC(Nc2ccc3c(c2O)C(=O)C2C(=O)[C@@]4(O)C(=O)C(C(N)=O)C(=O)[C@H](N(C)C)[C@H]4C[C@H]2C3)CC1. The maximum absolute atomic E-state index is 13.9. The average molecular weight is 527 g/mol. The molecule has 3 aliphatic carbocycles. The van der Waals surface area contributed by atoms with Gasteiger partial charge in [-0.2, -0.15) is 0 Å². The van der Waals surface area contributed by atoms with Crippen molar-refractivity contribution in [1.82, 2.24) is 9.80 Å². The van der Waals surface area contributed by atoms with E-state index >= 15 is 0 Å². The zero-order valence-electron chi connectivity index (χ0n) is 21.8. The number of nitrogens with two attached hydrogens (primary N) is 1. The molecule has 11 nitrogen and oxygen atoms in total. The van der Waals surface area contributed by atoms with Gasteiger partial charge in [-0.05, 0) is 77.5 Å². The van der Waals surface area contributed by atoms with Gasteiger partial charge in [-0.25, -0.2) is 0 Å². The second-order valence-electron chi connectivity index (χ2n) is 11.5. The van der Waals surface area contributed by atoms with Crippen molar-refractivity contribution in [1.29, 1.82) is 0 Å². The fourth-order valence-corrected chi connectivity index (χ4v) is 7.07. The number of phenolic OH excluding ortho intramolecular Hbond substituents is 1. The quantitative estimate of drug-likeness (QED) is 0.293. The summed E-state index contributed by atoms with van der Waals surface area (Å²) in [5, 5.41) is 26.1. The van der Waals surface area contributed by atoms with Gasteiger partial charge in [0.2, 0.25) is 5.91 Å². The number of likely N-dealkylation sites (N-methyl/N-ethyl adjacent to an activating group) is 1. The summed E-state index contributed by atoms with van der Waals surface area (Å²) in [7, 11) is 5.16. The normalized spacial score (nSPS) is 34.1. The van der Waals surface area contributed by atoms with Gasteiger partial charge in [-0.15, -0.1) is 0 Å². The Balaban J connectivity index is 1.52. The molecule has 11 heteroatoms. The highest BCUT2D eigenvalue weighted by molar-refractivity contribution is 6.32. The van der Waals surface area contributed by atoms with E-state index in [2.05, 4.69) is 10.2 Å². The molecule has 1 aromatic rings. The first-order valence-corrected chi connectivity index (χ1v) is 13.0. The smallest absolute Gasteiger partial charge is 0.235 e. The number of phenols is 1. The van der Waals surface area contributed by atoms with E-state index in [1.165, 1.54) is 4.90 Å². The topological polar surface area (TPSA) is 170 Å². The van der Waals surface area contributed by atoms with Crippen molar-refractivity contribution in [2.45, 2.75) is 43.4 Å². The number of hydrogen-bond donors (Lipinski definition) is 4. The van der Waals surface area contributed by atoms with Crippen molar-refractivity contribution in [2.24, 2.45) is 29.4 Å². The fraction of sp³-hybridized carbons (Fsp3) is 0.593. The van der Waals surface area contributed by atoms with Gasteiger partial charge in [0.05, 0.1) is 23.2 Å². The summed E-state index contributed by atoms with van der Waals surface area (Å²) in [6, 6.07) is 2.50. The van der Waals surface area contributed by atoms with Gasteiger partial charge in [0, 0.05) is 12.0 Å². The number of piperidine rings is 1. The maximum atomic E-state index is 13.9. The molecule has 4 aliphatic rings. The Bertz CT molecular complexity index is 1240. The van der Waals surface area contributed by atoms with Crippen LogP contribution in [0.5, 0.6) is 5.75 Å². The van der Waals surface area contributed by atoms with E-state index in [0.29, 0.717) is 11.3 Å². The van der Waals surface area contributed by atoms with Gasteiger partial charge in [0.25, 0.3) is 0 Å². The number of carbonyl (C=O) groups is 5. The van der Waals surface area contributed by atoms with E-state index in [1.807, 2.05) is 7.05 Å². The summed E-state index contributed by atoms with van der Waals surface area (Å²) >= 11 is 0. The van der Waals surface area contributed by atoms with E-state index in [1.54, 1.807) is 26.2 Å². The van der Waals surface area contributed by atoms with Crippen LogP contribution < -0.4 is 11.1 Å². The Morgan fingerprint density at radius 1 is 1.13 bits per heavy atom. The summed E-state index contributed by atoms with van der Waals surface area (Å²) in [4.78, 5) is 69.8. The van der Waals surface area contributed by atoms with Crippen LogP contribution in [0.4, 0.5) is 5.69 Å². The first-order chi connectivity index (χ1) is 17.9. The Labute approximate surface area is 220 Å². The third kappa shape index (κ3) is 3.78. The third-order valence-corrected chi connectivity index (χ3v) is 9.01. The number of aliphatic hydroxyl groups is 1. The number of likely N-dealkylation sites (tertiary alicyclic amines) is 1. The van der Waals surface area contributed by atoms with Crippen LogP contribution in [-0.2, 0) is 25.6 Å². The molecule has 1 heterocycles. The first kappa shape index (κ1) is 26.5.